The number of benzene rings is 1. The summed E-state index contributed by atoms with van der Waals surface area (Å²) in [5.74, 6) is 0.717. The van der Waals surface area contributed by atoms with Gasteiger partial charge in [0.1, 0.15) is 11.9 Å². The average Bonchev–Trinajstić information content (AvgIpc) is 3.45. The lowest BCUT2D eigenvalue weighted by Gasteiger charge is -2.32. The van der Waals surface area contributed by atoms with Crippen LogP contribution in [0.4, 0.5) is 0 Å². The molecular formula is C23H34ClN3O3. The molecule has 1 aliphatic heterocycles. The van der Waals surface area contributed by atoms with Crippen molar-refractivity contribution >= 4 is 23.4 Å². The minimum Gasteiger partial charge on any atom is -0.489 e. The zero-order chi connectivity index (χ0) is 21.7. The summed E-state index contributed by atoms with van der Waals surface area (Å²) in [6.07, 6.45) is 5.81. The number of piperidine rings is 1. The molecule has 1 aliphatic carbocycles. The molecule has 2 aliphatic rings. The minimum absolute atomic E-state index is 0.0345. The number of carbonyl (C=O) groups excluding carboxylic acids is 2. The van der Waals surface area contributed by atoms with Gasteiger partial charge in [0.15, 0.2) is 0 Å². The third-order valence-corrected chi connectivity index (χ3v) is 6.47. The van der Waals surface area contributed by atoms with Crippen LogP contribution >= 0.6 is 11.6 Å². The Bertz CT molecular complexity index is 756. The van der Waals surface area contributed by atoms with E-state index in [2.05, 4.69) is 12.2 Å². The number of hydrogen-bond donors (Lipinski definition) is 1. The highest BCUT2D eigenvalue weighted by molar-refractivity contribution is 6.32. The number of amides is 2. The van der Waals surface area contributed by atoms with Gasteiger partial charge in [0.05, 0.1) is 5.02 Å². The third kappa shape index (κ3) is 6.61. The van der Waals surface area contributed by atoms with Gasteiger partial charge >= 0.3 is 0 Å². The summed E-state index contributed by atoms with van der Waals surface area (Å²) in [6.45, 7) is 5.08. The van der Waals surface area contributed by atoms with Crippen LogP contribution in [0.15, 0.2) is 18.2 Å². The molecule has 0 spiro atoms. The van der Waals surface area contributed by atoms with E-state index in [1.807, 2.05) is 23.9 Å². The summed E-state index contributed by atoms with van der Waals surface area (Å²) in [5, 5.41) is 3.32. The highest BCUT2D eigenvalue weighted by atomic mass is 35.5. The highest BCUT2D eigenvalue weighted by Crippen LogP contribution is 2.49. The first kappa shape index (κ1) is 22.9. The standard InChI is InChI=1S/C23H34ClN3O3/c1-23(10-11-23)9-6-21(28)27-13-7-18(8-14-27)30-20-5-4-17(16-19(20)24)22(29)25-12-15-26(2)3/h4-5,16,18H,6-15H2,1-3H3,(H,25,29). The van der Waals surface area contributed by atoms with Gasteiger partial charge < -0.3 is 19.9 Å². The van der Waals surface area contributed by atoms with Gasteiger partial charge in [-0.15, -0.1) is 0 Å². The Morgan fingerprint density at radius 1 is 1.27 bits per heavy atom. The number of likely N-dealkylation sites (tertiary alicyclic amines) is 1. The number of halogens is 1. The molecule has 2 fully saturated rings. The lowest BCUT2D eigenvalue weighted by atomic mass is 10.0. The van der Waals surface area contributed by atoms with Crippen LogP contribution in [-0.2, 0) is 4.79 Å². The molecule has 2 amide bonds. The van der Waals surface area contributed by atoms with Gasteiger partial charge in [-0.3, -0.25) is 9.59 Å². The largest absolute Gasteiger partial charge is 0.489 e. The van der Waals surface area contributed by atoms with Gasteiger partial charge in [-0.2, -0.15) is 0 Å². The van der Waals surface area contributed by atoms with E-state index in [0.717, 1.165) is 38.9 Å². The topological polar surface area (TPSA) is 61.9 Å². The Balaban J connectivity index is 1.44. The summed E-state index contributed by atoms with van der Waals surface area (Å²) in [7, 11) is 3.92. The molecule has 6 nitrogen and oxygen atoms in total. The SMILES string of the molecule is CN(C)CCNC(=O)c1ccc(OC2CCN(C(=O)CCC3(C)CC3)CC2)c(Cl)c1. The normalized spacial score (nSPS) is 18.4. The van der Waals surface area contributed by atoms with Crippen molar-refractivity contribution in [3.8, 4) is 5.75 Å². The van der Waals surface area contributed by atoms with Crippen LogP contribution in [0.25, 0.3) is 0 Å². The summed E-state index contributed by atoms with van der Waals surface area (Å²) in [6, 6.07) is 5.15. The molecule has 0 radical (unpaired) electrons. The second-order valence-electron chi connectivity index (χ2n) is 9.21. The molecule has 30 heavy (non-hydrogen) atoms. The first-order chi connectivity index (χ1) is 14.3. The van der Waals surface area contributed by atoms with Gasteiger partial charge in [0, 0.05) is 51.0 Å². The molecule has 0 aromatic heterocycles. The van der Waals surface area contributed by atoms with Crippen LogP contribution in [-0.4, -0.2) is 68.0 Å². The van der Waals surface area contributed by atoms with Gasteiger partial charge in [-0.1, -0.05) is 18.5 Å². The van der Waals surface area contributed by atoms with Crippen molar-refractivity contribution in [1.82, 2.24) is 15.1 Å². The number of hydrogen-bond acceptors (Lipinski definition) is 4. The Labute approximate surface area is 184 Å². The third-order valence-electron chi connectivity index (χ3n) is 6.17. The number of likely N-dealkylation sites (N-methyl/N-ethyl adjacent to an activating group) is 1. The Kier molecular flexibility index (Phi) is 7.64. The molecule has 1 saturated heterocycles. The summed E-state index contributed by atoms with van der Waals surface area (Å²) >= 11 is 6.37. The van der Waals surface area contributed by atoms with Crippen LogP contribution in [0.3, 0.4) is 0 Å². The lowest BCUT2D eigenvalue weighted by Crippen LogP contribution is -2.41. The van der Waals surface area contributed by atoms with Crippen molar-refractivity contribution in [1.29, 1.82) is 0 Å². The molecule has 0 bridgehead atoms. The van der Waals surface area contributed by atoms with Gasteiger partial charge in [0.25, 0.3) is 5.91 Å². The highest BCUT2D eigenvalue weighted by Gasteiger charge is 2.37. The van der Waals surface area contributed by atoms with Gasteiger partial charge in [-0.05, 0) is 57.0 Å². The first-order valence-electron chi connectivity index (χ1n) is 10.9. The maximum absolute atomic E-state index is 12.4. The second-order valence-corrected chi connectivity index (χ2v) is 9.62. The van der Waals surface area contributed by atoms with Crippen LogP contribution in [0.1, 0.15) is 55.8 Å². The fourth-order valence-electron chi connectivity index (χ4n) is 3.67. The lowest BCUT2D eigenvalue weighted by molar-refractivity contribution is -0.133. The van der Waals surface area contributed by atoms with E-state index in [1.165, 1.54) is 12.8 Å². The van der Waals surface area contributed by atoms with E-state index >= 15 is 0 Å². The number of ether oxygens (including phenoxy) is 1. The molecule has 1 heterocycles. The van der Waals surface area contributed by atoms with Crippen LogP contribution in [0.5, 0.6) is 5.75 Å². The van der Waals surface area contributed by atoms with Crippen molar-refractivity contribution in [2.24, 2.45) is 5.41 Å². The van der Waals surface area contributed by atoms with Crippen molar-refractivity contribution < 1.29 is 14.3 Å². The molecule has 0 unspecified atom stereocenters. The zero-order valence-electron chi connectivity index (χ0n) is 18.4. The molecule has 0 atom stereocenters. The van der Waals surface area contributed by atoms with E-state index in [1.54, 1.807) is 18.2 Å². The van der Waals surface area contributed by atoms with Crippen molar-refractivity contribution in [3.05, 3.63) is 28.8 Å². The molecule has 3 rings (SSSR count). The van der Waals surface area contributed by atoms with E-state index in [9.17, 15) is 9.59 Å². The zero-order valence-corrected chi connectivity index (χ0v) is 19.1. The van der Waals surface area contributed by atoms with Crippen LogP contribution in [0, 0.1) is 5.41 Å². The average molecular weight is 436 g/mol. The first-order valence-corrected chi connectivity index (χ1v) is 11.3. The van der Waals surface area contributed by atoms with E-state index in [4.69, 9.17) is 16.3 Å². The summed E-state index contributed by atoms with van der Waals surface area (Å²) < 4.78 is 6.08. The molecule has 1 aromatic carbocycles. The van der Waals surface area contributed by atoms with Gasteiger partial charge in [-0.25, -0.2) is 0 Å². The molecule has 1 saturated carbocycles. The Morgan fingerprint density at radius 2 is 1.97 bits per heavy atom. The van der Waals surface area contributed by atoms with E-state index in [-0.39, 0.29) is 17.9 Å². The predicted molar refractivity (Wildman–Crippen MR) is 119 cm³/mol. The fourth-order valence-corrected chi connectivity index (χ4v) is 3.89. The van der Waals surface area contributed by atoms with Crippen molar-refractivity contribution in [2.75, 3.05) is 40.3 Å². The molecular weight excluding hydrogens is 402 g/mol. The van der Waals surface area contributed by atoms with Crippen LogP contribution in [0.2, 0.25) is 5.02 Å². The molecule has 1 N–H and O–H groups in total. The number of carbonyl (C=O) groups is 2. The maximum Gasteiger partial charge on any atom is 0.251 e. The van der Waals surface area contributed by atoms with E-state index in [0.29, 0.717) is 34.7 Å². The minimum atomic E-state index is -0.142. The predicted octanol–water partition coefficient (Wildman–Crippen LogP) is 3.58. The smallest absolute Gasteiger partial charge is 0.251 e. The summed E-state index contributed by atoms with van der Waals surface area (Å²) in [5.41, 5.74) is 0.944. The monoisotopic (exact) mass is 435 g/mol. The quantitative estimate of drug-likeness (QED) is 0.644. The number of rotatable bonds is 9. The van der Waals surface area contributed by atoms with Crippen LogP contribution < -0.4 is 10.1 Å². The molecule has 7 heteroatoms. The molecule has 166 valence electrons. The Morgan fingerprint density at radius 3 is 2.57 bits per heavy atom. The number of nitrogens with one attached hydrogen (secondary N) is 1. The van der Waals surface area contributed by atoms with Crippen molar-refractivity contribution in [2.45, 2.75) is 51.6 Å². The number of nitrogens with zero attached hydrogens (tertiary/aromatic N) is 2. The fraction of sp³-hybridized carbons (Fsp3) is 0.652. The molecule has 1 aromatic rings. The van der Waals surface area contributed by atoms with E-state index < -0.39 is 0 Å². The Hall–Kier alpha value is -1.79. The maximum atomic E-state index is 12.4. The van der Waals surface area contributed by atoms with Crippen molar-refractivity contribution in [3.63, 3.8) is 0 Å². The van der Waals surface area contributed by atoms with Gasteiger partial charge in [0.2, 0.25) is 5.91 Å². The second kappa shape index (κ2) is 10.0. The summed E-state index contributed by atoms with van der Waals surface area (Å²) in [4.78, 5) is 28.6.